The van der Waals surface area contributed by atoms with Crippen molar-refractivity contribution < 1.29 is 9.21 Å². The number of carbonyl (C=O) groups excluding carboxylic acids is 1. The molecule has 0 saturated carbocycles. The number of nitrogens with zero attached hydrogens (tertiary/aromatic N) is 2. The van der Waals surface area contributed by atoms with Gasteiger partial charge in [0.05, 0.1) is 12.0 Å². The Balaban J connectivity index is 1.91. The quantitative estimate of drug-likeness (QED) is 0.803. The van der Waals surface area contributed by atoms with Crippen molar-refractivity contribution in [3.63, 3.8) is 0 Å². The van der Waals surface area contributed by atoms with Gasteiger partial charge in [-0.15, -0.1) is 11.6 Å². The Morgan fingerprint density at radius 3 is 2.77 bits per heavy atom. The van der Waals surface area contributed by atoms with Gasteiger partial charge in [-0.1, -0.05) is 29.8 Å². The van der Waals surface area contributed by atoms with Gasteiger partial charge in [0.25, 0.3) is 0 Å². The maximum atomic E-state index is 12.3. The summed E-state index contributed by atoms with van der Waals surface area (Å²) in [6.45, 7) is 2.04. The molecule has 1 amide bonds. The molecule has 0 N–H and O–H groups in total. The molecule has 5 heteroatoms. The van der Waals surface area contributed by atoms with Crippen LogP contribution < -0.4 is 0 Å². The second-order valence-corrected chi connectivity index (χ2v) is 5.70. The number of alkyl halides is 1. The van der Waals surface area contributed by atoms with E-state index in [-0.39, 0.29) is 24.2 Å². The summed E-state index contributed by atoms with van der Waals surface area (Å²) in [7, 11) is 0. The molecule has 0 fully saturated rings. The third-order valence-corrected chi connectivity index (χ3v) is 3.92. The van der Waals surface area contributed by atoms with Gasteiger partial charge in [0.1, 0.15) is 11.8 Å². The Morgan fingerprint density at radius 2 is 2.14 bits per heavy atom. The molecule has 0 spiro atoms. The molecule has 2 heterocycles. The lowest BCUT2D eigenvalue weighted by atomic mass is 10.0. The Kier molecular flexibility index (Phi) is 4.29. The molecule has 2 aromatic rings. The predicted octanol–water partition coefficient (Wildman–Crippen LogP) is 3.89. The van der Waals surface area contributed by atoms with E-state index in [0.717, 1.165) is 17.0 Å². The fraction of sp³-hybridized carbons (Fsp3) is 0.294. The van der Waals surface area contributed by atoms with E-state index in [1.54, 1.807) is 6.26 Å². The van der Waals surface area contributed by atoms with Crippen LogP contribution in [0, 0.1) is 6.92 Å². The molecule has 114 valence electrons. The van der Waals surface area contributed by atoms with Gasteiger partial charge < -0.3 is 4.42 Å². The summed E-state index contributed by atoms with van der Waals surface area (Å²) in [6.07, 6.45) is 2.53. The minimum Gasteiger partial charge on any atom is -0.467 e. The first-order valence-electron chi connectivity index (χ1n) is 7.25. The molecule has 0 unspecified atom stereocenters. The SMILES string of the molecule is Cc1ccc(C2=NN(C(=O)CCCl)[C@H](c3ccco3)C2)cc1. The van der Waals surface area contributed by atoms with Gasteiger partial charge in [-0.25, -0.2) is 5.01 Å². The molecule has 0 saturated heterocycles. The van der Waals surface area contributed by atoms with E-state index in [4.69, 9.17) is 16.0 Å². The van der Waals surface area contributed by atoms with E-state index >= 15 is 0 Å². The molecule has 1 atom stereocenters. The average molecular weight is 317 g/mol. The van der Waals surface area contributed by atoms with Crippen LogP contribution in [0.3, 0.4) is 0 Å². The lowest BCUT2D eigenvalue weighted by Gasteiger charge is -2.19. The van der Waals surface area contributed by atoms with Crippen LogP contribution >= 0.6 is 11.6 Å². The van der Waals surface area contributed by atoms with E-state index < -0.39 is 0 Å². The van der Waals surface area contributed by atoms with Gasteiger partial charge in [0.2, 0.25) is 5.91 Å². The highest BCUT2D eigenvalue weighted by Gasteiger charge is 2.34. The van der Waals surface area contributed by atoms with Crippen LogP contribution in [0.1, 0.15) is 35.8 Å². The summed E-state index contributed by atoms with van der Waals surface area (Å²) in [5, 5.41) is 6.04. The number of halogens is 1. The Morgan fingerprint density at radius 1 is 1.36 bits per heavy atom. The van der Waals surface area contributed by atoms with E-state index in [1.165, 1.54) is 10.6 Å². The van der Waals surface area contributed by atoms with Crippen LogP contribution in [-0.4, -0.2) is 22.5 Å². The molecule has 0 bridgehead atoms. The van der Waals surface area contributed by atoms with Crippen molar-refractivity contribution in [2.75, 3.05) is 5.88 Å². The molecule has 1 aliphatic rings. The van der Waals surface area contributed by atoms with E-state index in [0.29, 0.717) is 6.42 Å². The minimum absolute atomic E-state index is 0.0847. The van der Waals surface area contributed by atoms with Crippen LogP contribution in [0.4, 0.5) is 0 Å². The average Bonchev–Trinajstić information content (AvgIpc) is 3.17. The second-order valence-electron chi connectivity index (χ2n) is 5.33. The summed E-state index contributed by atoms with van der Waals surface area (Å²) in [6, 6.07) is 11.7. The van der Waals surface area contributed by atoms with Gasteiger partial charge in [0.15, 0.2) is 0 Å². The zero-order valence-corrected chi connectivity index (χ0v) is 13.1. The van der Waals surface area contributed by atoms with Gasteiger partial charge in [-0.05, 0) is 24.6 Å². The smallest absolute Gasteiger partial charge is 0.244 e. The van der Waals surface area contributed by atoms with Crippen molar-refractivity contribution in [3.8, 4) is 0 Å². The van der Waals surface area contributed by atoms with Gasteiger partial charge >= 0.3 is 0 Å². The molecule has 4 nitrogen and oxygen atoms in total. The van der Waals surface area contributed by atoms with E-state index in [1.807, 2.05) is 43.3 Å². The Labute approximate surface area is 134 Å². The van der Waals surface area contributed by atoms with Crippen molar-refractivity contribution in [2.24, 2.45) is 5.10 Å². The number of rotatable bonds is 4. The number of amides is 1. The summed E-state index contributed by atoms with van der Waals surface area (Å²) < 4.78 is 5.48. The highest BCUT2D eigenvalue weighted by Crippen LogP contribution is 2.33. The van der Waals surface area contributed by atoms with Crippen LogP contribution in [0.2, 0.25) is 0 Å². The lowest BCUT2D eigenvalue weighted by Crippen LogP contribution is -2.26. The molecule has 1 aliphatic heterocycles. The Bertz CT molecular complexity index is 677. The first-order chi connectivity index (χ1) is 10.7. The van der Waals surface area contributed by atoms with Crippen LogP contribution in [0.5, 0.6) is 0 Å². The molecule has 22 heavy (non-hydrogen) atoms. The predicted molar refractivity (Wildman–Crippen MR) is 86.0 cm³/mol. The number of hydrogen-bond donors (Lipinski definition) is 0. The number of benzene rings is 1. The molecule has 1 aromatic carbocycles. The summed E-state index contributed by atoms with van der Waals surface area (Å²) in [5.41, 5.74) is 3.12. The van der Waals surface area contributed by atoms with Crippen molar-refractivity contribution in [1.29, 1.82) is 0 Å². The van der Waals surface area contributed by atoms with E-state index in [2.05, 4.69) is 5.10 Å². The third-order valence-electron chi connectivity index (χ3n) is 3.73. The van der Waals surface area contributed by atoms with Crippen molar-refractivity contribution in [2.45, 2.75) is 25.8 Å². The van der Waals surface area contributed by atoms with Crippen molar-refractivity contribution in [1.82, 2.24) is 5.01 Å². The largest absolute Gasteiger partial charge is 0.467 e. The number of aryl methyl sites for hydroxylation is 1. The maximum Gasteiger partial charge on any atom is 0.244 e. The van der Waals surface area contributed by atoms with Gasteiger partial charge in [0, 0.05) is 18.7 Å². The normalized spacial score (nSPS) is 17.6. The highest BCUT2D eigenvalue weighted by atomic mass is 35.5. The monoisotopic (exact) mass is 316 g/mol. The molecule has 0 aliphatic carbocycles. The topological polar surface area (TPSA) is 45.8 Å². The molecule has 3 rings (SSSR count). The second kappa shape index (κ2) is 6.36. The van der Waals surface area contributed by atoms with Crippen LogP contribution in [-0.2, 0) is 4.79 Å². The zero-order chi connectivity index (χ0) is 15.5. The Hall–Kier alpha value is -2.07. The first-order valence-corrected chi connectivity index (χ1v) is 7.78. The lowest BCUT2D eigenvalue weighted by molar-refractivity contribution is -0.132. The molecular formula is C17H17ClN2O2. The molecular weight excluding hydrogens is 300 g/mol. The number of hydrazone groups is 1. The fourth-order valence-electron chi connectivity index (χ4n) is 2.56. The van der Waals surface area contributed by atoms with Gasteiger partial charge in [-0.2, -0.15) is 5.10 Å². The number of carbonyl (C=O) groups is 1. The number of furan rings is 1. The summed E-state index contributed by atoms with van der Waals surface area (Å²) in [5.74, 6) is 0.947. The number of hydrogen-bond acceptors (Lipinski definition) is 3. The zero-order valence-electron chi connectivity index (χ0n) is 12.3. The highest BCUT2D eigenvalue weighted by molar-refractivity contribution is 6.19. The van der Waals surface area contributed by atoms with Crippen LogP contribution in [0.25, 0.3) is 0 Å². The van der Waals surface area contributed by atoms with Crippen molar-refractivity contribution in [3.05, 3.63) is 59.5 Å². The van der Waals surface area contributed by atoms with Crippen LogP contribution in [0.15, 0.2) is 52.2 Å². The summed E-state index contributed by atoms with van der Waals surface area (Å²) in [4.78, 5) is 12.3. The first kappa shape index (κ1) is 14.9. The van der Waals surface area contributed by atoms with Gasteiger partial charge in [-0.3, -0.25) is 4.79 Å². The fourth-order valence-corrected chi connectivity index (χ4v) is 2.72. The minimum atomic E-state index is -0.193. The third kappa shape index (κ3) is 2.92. The summed E-state index contributed by atoms with van der Waals surface area (Å²) >= 11 is 5.70. The van der Waals surface area contributed by atoms with Crippen molar-refractivity contribution >= 4 is 23.2 Å². The molecule has 1 aromatic heterocycles. The standard InChI is InChI=1S/C17H17ClN2O2/c1-12-4-6-13(7-5-12)14-11-15(16-3-2-10-22-16)20(19-14)17(21)8-9-18/h2-7,10,15H,8-9,11H2,1H3/t15-/m0/s1. The molecule has 0 radical (unpaired) electrons. The maximum absolute atomic E-state index is 12.3. The van der Waals surface area contributed by atoms with E-state index in [9.17, 15) is 4.79 Å².